The van der Waals surface area contributed by atoms with E-state index in [4.69, 9.17) is 9.47 Å². The molecule has 0 aliphatic carbocycles. The predicted octanol–water partition coefficient (Wildman–Crippen LogP) is 2.84. The van der Waals surface area contributed by atoms with Crippen LogP contribution in [-0.4, -0.2) is 49.0 Å². The van der Waals surface area contributed by atoms with Crippen LogP contribution in [0.2, 0.25) is 0 Å². The molecule has 0 bridgehead atoms. The molecule has 4 heteroatoms. The van der Waals surface area contributed by atoms with Crippen LogP contribution in [0.5, 0.6) is 5.75 Å². The zero-order valence-electron chi connectivity index (χ0n) is 13.8. The first-order chi connectivity index (χ1) is 10.7. The van der Waals surface area contributed by atoms with E-state index in [-0.39, 0.29) is 0 Å². The molecular formula is C18H29NO3. The second-order valence-electron chi connectivity index (χ2n) is 6.07. The number of aliphatic hydroxyl groups excluding tert-OH is 1. The Morgan fingerprint density at radius 1 is 1.36 bits per heavy atom. The van der Waals surface area contributed by atoms with Gasteiger partial charge in [0.1, 0.15) is 5.75 Å². The molecule has 124 valence electrons. The summed E-state index contributed by atoms with van der Waals surface area (Å²) in [5.74, 6) is 0.834. The normalized spacial score (nSPS) is 20.8. The Morgan fingerprint density at radius 2 is 2.23 bits per heavy atom. The Hall–Kier alpha value is -1.10. The molecule has 22 heavy (non-hydrogen) atoms. The Morgan fingerprint density at radius 3 is 3.00 bits per heavy atom. The molecule has 1 saturated heterocycles. The van der Waals surface area contributed by atoms with Crippen LogP contribution in [0.1, 0.15) is 38.2 Å². The highest BCUT2D eigenvalue weighted by Crippen LogP contribution is 2.19. The molecule has 2 atom stereocenters. The Kier molecular flexibility index (Phi) is 7.16. The molecule has 0 amide bonds. The van der Waals surface area contributed by atoms with Gasteiger partial charge in [0.2, 0.25) is 0 Å². The third-order valence-electron chi connectivity index (χ3n) is 4.38. The fourth-order valence-electron chi connectivity index (χ4n) is 3.16. The lowest BCUT2D eigenvalue weighted by atomic mass is 10.00. The Labute approximate surface area is 134 Å². The molecule has 1 fully saturated rings. The number of piperidine rings is 1. The van der Waals surface area contributed by atoms with E-state index in [1.807, 2.05) is 24.3 Å². The summed E-state index contributed by atoms with van der Waals surface area (Å²) in [5, 5.41) is 10.2. The number of ether oxygens (including phenoxy) is 2. The zero-order chi connectivity index (χ0) is 15.8. The first-order valence-electron chi connectivity index (χ1n) is 8.35. The number of hydrogen-bond acceptors (Lipinski definition) is 4. The largest absolute Gasteiger partial charge is 0.497 e. The van der Waals surface area contributed by atoms with Crippen molar-refractivity contribution in [1.29, 1.82) is 0 Å². The average Bonchev–Trinajstić information content (AvgIpc) is 2.55. The van der Waals surface area contributed by atoms with Crippen LogP contribution in [0.3, 0.4) is 0 Å². The van der Waals surface area contributed by atoms with Crippen LogP contribution >= 0.6 is 0 Å². The highest BCUT2D eigenvalue weighted by Gasteiger charge is 2.22. The van der Waals surface area contributed by atoms with E-state index in [1.54, 1.807) is 7.11 Å². The third kappa shape index (κ3) is 5.27. The van der Waals surface area contributed by atoms with E-state index in [9.17, 15) is 5.11 Å². The van der Waals surface area contributed by atoms with Crippen molar-refractivity contribution in [1.82, 2.24) is 4.90 Å². The smallest absolute Gasteiger partial charge is 0.119 e. The summed E-state index contributed by atoms with van der Waals surface area (Å²) >= 11 is 0. The number of likely N-dealkylation sites (tertiary alicyclic amines) is 1. The summed E-state index contributed by atoms with van der Waals surface area (Å²) in [6.45, 7) is 4.94. The quantitative estimate of drug-likeness (QED) is 0.802. The lowest BCUT2D eigenvalue weighted by Crippen LogP contribution is -2.44. The maximum absolute atomic E-state index is 10.2. The van der Waals surface area contributed by atoms with Crippen molar-refractivity contribution in [3.8, 4) is 5.75 Å². The number of benzene rings is 1. The minimum absolute atomic E-state index is 0.379. The molecule has 2 rings (SSSR count). The predicted molar refractivity (Wildman–Crippen MR) is 88.2 cm³/mol. The second-order valence-corrected chi connectivity index (χ2v) is 6.07. The SMILES string of the molecule is CC[C@@H]1CCCCN1C[C@@H](O)COCc1cccc(OC)c1. The monoisotopic (exact) mass is 307 g/mol. The Bertz CT molecular complexity index is 438. The average molecular weight is 307 g/mol. The molecule has 1 aromatic rings. The summed E-state index contributed by atoms with van der Waals surface area (Å²) in [6, 6.07) is 8.46. The van der Waals surface area contributed by atoms with Crippen LogP contribution in [0.15, 0.2) is 24.3 Å². The molecule has 1 heterocycles. The van der Waals surface area contributed by atoms with Crippen LogP contribution in [0, 0.1) is 0 Å². The number of aliphatic hydroxyl groups is 1. The summed E-state index contributed by atoms with van der Waals surface area (Å²) in [7, 11) is 1.66. The van der Waals surface area contributed by atoms with E-state index in [0.29, 0.717) is 19.3 Å². The van der Waals surface area contributed by atoms with E-state index < -0.39 is 6.10 Å². The number of methoxy groups -OCH3 is 1. The number of rotatable bonds is 8. The fourth-order valence-corrected chi connectivity index (χ4v) is 3.16. The van der Waals surface area contributed by atoms with Gasteiger partial charge in [0.25, 0.3) is 0 Å². The van der Waals surface area contributed by atoms with E-state index in [1.165, 1.54) is 19.3 Å². The van der Waals surface area contributed by atoms with E-state index in [2.05, 4.69) is 11.8 Å². The minimum atomic E-state index is -0.419. The van der Waals surface area contributed by atoms with Crippen LogP contribution in [0.4, 0.5) is 0 Å². The van der Waals surface area contributed by atoms with Crippen LogP contribution in [0.25, 0.3) is 0 Å². The van der Waals surface area contributed by atoms with Crippen molar-refractivity contribution in [3.63, 3.8) is 0 Å². The van der Waals surface area contributed by atoms with Gasteiger partial charge in [-0.25, -0.2) is 0 Å². The van der Waals surface area contributed by atoms with E-state index in [0.717, 1.165) is 30.8 Å². The van der Waals surface area contributed by atoms with Gasteiger partial charge in [0.15, 0.2) is 0 Å². The van der Waals surface area contributed by atoms with Gasteiger partial charge in [0, 0.05) is 12.6 Å². The van der Waals surface area contributed by atoms with Gasteiger partial charge in [0.05, 0.1) is 26.4 Å². The van der Waals surface area contributed by atoms with Gasteiger partial charge >= 0.3 is 0 Å². The standard InChI is InChI=1S/C18H29NO3/c1-3-16-8-4-5-10-19(16)12-17(20)14-22-13-15-7-6-9-18(11-15)21-2/h6-7,9,11,16-17,20H,3-5,8,10,12-14H2,1-2H3/t16-,17-/m1/s1. The molecule has 0 unspecified atom stereocenters. The second kappa shape index (κ2) is 9.13. The van der Waals surface area contributed by atoms with Gasteiger partial charge in [-0.2, -0.15) is 0 Å². The lowest BCUT2D eigenvalue weighted by molar-refractivity contribution is -0.00379. The van der Waals surface area contributed by atoms with Gasteiger partial charge in [-0.3, -0.25) is 4.90 Å². The maximum atomic E-state index is 10.2. The van der Waals surface area contributed by atoms with Crippen molar-refractivity contribution < 1.29 is 14.6 Å². The molecule has 1 aromatic carbocycles. The summed E-state index contributed by atoms with van der Waals surface area (Å²) in [6.07, 6.45) is 4.56. The summed E-state index contributed by atoms with van der Waals surface area (Å²) < 4.78 is 10.9. The summed E-state index contributed by atoms with van der Waals surface area (Å²) in [4.78, 5) is 2.42. The minimum Gasteiger partial charge on any atom is -0.497 e. The van der Waals surface area contributed by atoms with Gasteiger partial charge in [-0.05, 0) is 43.5 Å². The van der Waals surface area contributed by atoms with Gasteiger partial charge in [-0.15, -0.1) is 0 Å². The highest BCUT2D eigenvalue weighted by atomic mass is 16.5. The summed E-state index contributed by atoms with van der Waals surface area (Å²) in [5.41, 5.74) is 1.07. The maximum Gasteiger partial charge on any atom is 0.119 e. The Balaban J connectivity index is 1.71. The molecule has 0 spiro atoms. The van der Waals surface area contributed by atoms with Crippen molar-refractivity contribution in [2.24, 2.45) is 0 Å². The van der Waals surface area contributed by atoms with Crippen molar-refractivity contribution in [2.75, 3.05) is 26.8 Å². The first-order valence-corrected chi connectivity index (χ1v) is 8.35. The van der Waals surface area contributed by atoms with Crippen molar-refractivity contribution in [3.05, 3.63) is 29.8 Å². The number of nitrogens with zero attached hydrogens (tertiary/aromatic N) is 1. The number of hydrogen-bond donors (Lipinski definition) is 1. The molecule has 1 N–H and O–H groups in total. The molecule has 4 nitrogen and oxygen atoms in total. The number of β-amino-alcohol motifs (C(OH)–C–C–N with tert-alkyl or cyclic N) is 1. The molecular weight excluding hydrogens is 278 g/mol. The lowest BCUT2D eigenvalue weighted by Gasteiger charge is -2.36. The van der Waals surface area contributed by atoms with Crippen LogP contribution < -0.4 is 4.74 Å². The fraction of sp³-hybridized carbons (Fsp3) is 0.667. The molecule has 0 aromatic heterocycles. The molecule has 0 saturated carbocycles. The van der Waals surface area contributed by atoms with Crippen molar-refractivity contribution in [2.45, 2.75) is 51.4 Å². The molecule has 1 aliphatic heterocycles. The van der Waals surface area contributed by atoms with Crippen molar-refractivity contribution >= 4 is 0 Å². The zero-order valence-corrected chi connectivity index (χ0v) is 13.8. The third-order valence-corrected chi connectivity index (χ3v) is 4.38. The molecule has 1 aliphatic rings. The highest BCUT2D eigenvalue weighted by molar-refractivity contribution is 5.27. The first kappa shape index (κ1) is 17.3. The van der Waals surface area contributed by atoms with Gasteiger partial charge < -0.3 is 14.6 Å². The van der Waals surface area contributed by atoms with Gasteiger partial charge in [-0.1, -0.05) is 25.5 Å². The van der Waals surface area contributed by atoms with E-state index >= 15 is 0 Å². The van der Waals surface area contributed by atoms with Crippen LogP contribution in [-0.2, 0) is 11.3 Å². The molecule has 0 radical (unpaired) electrons. The topological polar surface area (TPSA) is 41.9 Å².